The summed E-state index contributed by atoms with van der Waals surface area (Å²) in [5, 5.41) is 2.57. The van der Waals surface area contributed by atoms with Crippen molar-refractivity contribution in [2.45, 2.75) is 23.4 Å². The number of rotatable bonds is 4. The molecule has 1 aliphatic rings. The minimum absolute atomic E-state index is 0.00626. The Morgan fingerprint density at radius 2 is 1.59 bits per heavy atom. The molecule has 0 aliphatic carbocycles. The standard InChI is InChI=1S/C21H13F5N2O3S/c22-14-2-1-3-15(23)19(14)16-9-12(18-17(28-16)10-27-20(18)29)8-11-4-6-13(7-5-11)32(30,31)21(24,25)26/h1-7,9H,8,10H2,(H,27,29). The second kappa shape index (κ2) is 7.66. The molecule has 3 aromatic rings. The Balaban J connectivity index is 1.76. The van der Waals surface area contributed by atoms with Crippen molar-refractivity contribution in [3.8, 4) is 11.3 Å². The number of hydrogen-bond acceptors (Lipinski definition) is 4. The van der Waals surface area contributed by atoms with E-state index >= 15 is 0 Å². The molecule has 0 fully saturated rings. The lowest BCUT2D eigenvalue weighted by Gasteiger charge is -2.12. The van der Waals surface area contributed by atoms with Crippen molar-refractivity contribution in [2.75, 3.05) is 0 Å². The first-order valence-electron chi connectivity index (χ1n) is 9.14. The molecule has 32 heavy (non-hydrogen) atoms. The summed E-state index contributed by atoms with van der Waals surface area (Å²) in [5.41, 5.74) is -4.63. The first-order valence-corrected chi connectivity index (χ1v) is 10.6. The Hall–Kier alpha value is -3.34. The number of benzene rings is 2. The highest BCUT2D eigenvalue weighted by molar-refractivity contribution is 7.92. The van der Waals surface area contributed by atoms with Crippen LogP contribution in [-0.4, -0.2) is 24.8 Å². The molecule has 11 heteroatoms. The number of hydrogen-bond donors (Lipinski definition) is 1. The zero-order valence-electron chi connectivity index (χ0n) is 16.0. The van der Waals surface area contributed by atoms with Crippen molar-refractivity contribution in [3.63, 3.8) is 0 Å². The molecule has 0 atom stereocenters. The Kier molecular flexibility index (Phi) is 5.24. The van der Waals surface area contributed by atoms with Gasteiger partial charge in [0, 0.05) is 0 Å². The van der Waals surface area contributed by atoms with Gasteiger partial charge in [-0.1, -0.05) is 18.2 Å². The zero-order valence-corrected chi connectivity index (χ0v) is 16.8. The molecular weight excluding hydrogens is 455 g/mol. The van der Waals surface area contributed by atoms with Gasteiger partial charge in [0.25, 0.3) is 15.7 Å². The molecule has 0 spiro atoms. The molecule has 1 N–H and O–H groups in total. The Morgan fingerprint density at radius 1 is 0.969 bits per heavy atom. The number of alkyl halides is 3. The van der Waals surface area contributed by atoms with Crippen LogP contribution >= 0.6 is 0 Å². The summed E-state index contributed by atoms with van der Waals surface area (Å²) in [5.74, 6) is -2.14. The Labute approximate surface area is 178 Å². The third kappa shape index (κ3) is 3.72. The summed E-state index contributed by atoms with van der Waals surface area (Å²) in [6.07, 6.45) is -0.00626. The highest BCUT2D eigenvalue weighted by atomic mass is 32.2. The average molecular weight is 468 g/mol. The van der Waals surface area contributed by atoms with Crippen molar-refractivity contribution in [1.82, 2.24) is 10.3 Å². The lowest BCUT2D eigenvalue weighted by Crippen LogP contribution is -2.23. The fourth-order valence-corrected chi connectivity index (χ4v) is 4.22. The molecule has 0 radical (unpaired) electrons. The maximum Gasteiger partial charge on any atom is 0.501 e. The highest BCUT2D eigenvalue weighted by Crippen LogP contribution is 2.32. The third-order valence-electron chi connectivity index (χ3n) is 4.97. The molecule has 0 unspecified atom stereocenters. The number of pyridine rings is 1. The molecule has 2 aromatic carbocycles. The zero-order chi connectivity index (χ0) is 23.3. The van der Waals surface area contributed by atoms with E-state index in [1.165, 1.54) is 24.3 Å². The van der Waals surface area contributed by atoms with Gasteiger partial charge in [-0.3, -0.25) is 4.79 Å². The number of nitrogens with zero attached hydrogens (tertiary/aromatic N) is 1. The summed E-state index contributed by atoms with van der Waals surface area (Å²) in [4.78, 5) is 15.5. The fraction of sp³-hybridized carbons (Fsp3) is 0.143. The van der Waals surface area contributed by atoms with Crippen LogP contribution < -0.4 is 5.32 Å². The summed E-state index contributed by atoms with van der Waals surface area (Å²) < 4.78 is 89.8. The molecule has 0 saturated carbocycles. The van der Waals surface area contributed by atoms with E-state index in [-0.39, 0.29) is 35.5 Å². The normalized spacial score (nSPS) is 13.7. The number of aromatic nitrogens is 1. The van der Waals surface area contributed by atoms with E-state index in [1.54, 1.807) is 0 Å². The SMILES string of the molecule is O=C1NCc2nc(-c3c(F)cccc3F)cc(Cc3ccc(S(=O)(=O)C(F)(F)F)cc3)c21. The second-order valence-electron chi connectivity index (χ2n) is 7.04. The van der Waals surface area contributed by atoms with Crippen LogP contribution in [-0.2, 0) is 22.8 Å². The van der Waals surface area contributed by atoms with Crippen molar-refractivity contribution in [1.29, 1.82) is 0 Å². The molecule has 1 amide bonds. The first-order chi connectivity index (χ1) is 15.0. The van der Waals surface area contributed by atoms with Crippen LogP contribution in [0, 0.1) is 11.6 Å². The third-order valence-corrected chi connectivity index (χ3v) is 6.47. The van der Waals surface area contributed by atoms with Gasteiger partial charge in [0.05, 0.1) is 34.0 Å². The number of carbonyl (C=O) groups excluding carboxylic acids is 1. The van der Waals surface area contributed by atoms with Gasteiger partial charge in [0.15, 0.2) is 0 Å². The van der Waals surface area contributed by atoms with Crippen LogP contribution in [0.2, 0.25) is 0 Å². The van der Waals surface area contributed by atoms with Crippen molar-refractivity contribution >= 4 is 15.7 Å². The van der Waals surface area contributed by atoms with Gasteiger partial charge in [0.2, 0.25) is 0 Å². The van der Waals surface area contributed by atoms with Gasteiger partial charge in [0.1, 0.15) is 11.6 Å². The van der Waals surface area contributed by atoms with E-state index in [4.69, 9.17) is 0 Å². The first kappa shape index (κ1) is 21.9. The van der Waals surface area contributed by atoms with Crippen LogP contribution in [0.4, 0.5) is 22.0 Å². The molecule has 1 aromatic heterocycles. The Morgan fingerprint density at radius 3 is 2.19 bits per heavy atom. The molecule has 5 nitrogen and oxygen atoms in total. The highest BCUT2D eigenvalue weighted by Gasteiger charge is 2.46. The number of nitrogens with one attached hydrogen (secondary N) is 1. The predicted molar refractivity (Wildman–Crippen MR) is 103 cm³/mol. The van der Waals surface area contributed by atoms with Gasteiger partial charge in [-0.25, -0.2) is 22.2 Å². The minimum Gasteiger partial charge on any atom is -0.346 e. The van der Waals surface area contributed by atoms with Crippen molar-refractivity contribution in [2.24, 2.45) is 0 Å². The molecule has 4 rings (SSSR count). The molecule has 166 valence electrons. The fourth-order valence-electron chi connectivity index (χ4n) is 3.46. The average Bonchev–Trinajstić information content (AvgIpc) is 3.08. The summed E-state index contributed by atoms with van der Waals surface area (Å²) >= 11 is 0. The topological polar surface area (TPSA) is 76.1 Å². The van der Waals surface area contributed by atoms with Crippen LogP contribution in [0.5, 0.6) is 0 Å². The summed E-state index contributed by atoms with van der Waals surface area (Å²) in [6, 6.07) is 8.67. The van der Waals surface area contributed by atoms with Crippen LogP contribution in [0.15, 0.2) is 53.4 Å². The van der Waals surface area contributed by atoms with Crippen LogP contribution in [0.25, 0.3) is 11.3 Å². The predicted octanol–water partition coefficient (Wildman–Crippen LogP) is 4.15. The van der Waals surface area contributed by atoms with Gasteiger partial charge in [-0.05, 0) is 47.9 Å². The van der Waals surface area contributed by atoms with Gasteiger partial charge >= 0.3 is 5.51 Å². The Bertz CT molecular complexity index is 1320. The van der Waals surface area contributed by atoms with E-state index in [0.717, 1.165) is 24.3 Å². The van der Waals surface area contributed by atoms with E-state index in [1.807, 2.05) is 0 Å². The van der Waals surface area contributed by atoms with Gasteiger partial charge < -0.3 is 5.32 Å². The number of fused-ring (bicyclic) bond motifs is 1. The van der Waals surface area contributed by atoms with E-state index in [9.17, 15) is 35.2 Å². The lowest BCUT2D eigenvalue weighted by atomic mass is 9.97. The molecular formula is C21H13F5N2O3S. The lowest BCUT2D eigenvalue weighted by molar-refractivity contribution is -0.0436. The monoisotopic (exact) mass is 468 g/mol. The van der Waals surface area contributed by atoms with E-state index in [2.05, 4.69) is 10.3 Å². The van der Waals surface area contributed by atoms with Gasteiger partial charge in [-0.15, -0.1) is 0 Å². The maximum absolute atomic E-state index is 14.3. The molecule has 0 bridgehead atoms. The molecule has 1 aliphatic heterocycles. The van der Waals surface area contributed by atoms with Crippen molar-refractivity contribution < 1.29 is 35.2 Å². The second-order valence-corrected chi connectivity index (χ2v) is 8.98. The maximum atomic E-state index is 14.3. The summed E-state index contributed by atoms with van der Waals surface area (Å²) in [6.45, 7) is 0.0494. The molecule has 0 saturated heterocycles. The summed E-state index contributed by atoms with van der Waals surface area (Å²) in [7, 11) is -5.49. The smallest absolute Gasteiger partial charge is 0.346 e. The number of sulfone groups is 1. The van der Waals surface area contributed by atoms with E-state index < -0.39 is 37.8 Å². The number of carbonyl (C=O) groups is 1. The largest absolute Gasteiger partial charge is 0.501 e. The number of halogens is 5. The minimum atomic E-state index is -5.49. The van der Waals surface area contributed by atoms with E-state index in [0.29, 0.717) is 11.1 Å². The van der Waals surface area contributed by atoms with Crippen LogP contribution in [0.3, 0.4) is 0 Å². The number of amides is 1. The van der Waals surface area contributed by atoms with Crippen molar-refractivity contribution in [3.05, 3.63) is 82.5 Å². The quantitative estimate of drug-likeness (QED) is 0.584. The van der Waals surface area contributed by atoms with Crippen LogP contribution in [0.1, 0.15) is 27.2 Å². The molecule has 2 heterocycles. The van der Waals surface area contributed by atoms with Gasteiger partial charge in [-0.2, -0.15) is 13.2 Å².